The molecule has 1 amide bonds. The van der Waals surface area contributed by atoms with Crippen LogP contribution in [0.3, 0.4) is 0 Å². The lowest BCUT2D eigenvalue weighted by molar-refractivity contribution is -0.116. The molecule has 11 heteroatoms. The van der Waals surface area contributed by atoms with Gasteiger partial charge in [0.05, 0.1) is 25.3 Å². The molecule has 0 saturated carbocycles. The average molecular weight is 589 g/mol. The molecule has 0 bridgehead atoms. The lowest BCUT2D eigenvalue weighted by atomic mass is 9.99. The maximum absolute atomic E-state index is 13.4. The normalized spacial score (nSPS) is 19.2. The molecule has 0 unspecified atom stereocenters. The number of benzene rings is 2. The highest BCUT2D eigenvalue weighted by Crippen LogP contribution is 2.40. The number of carbonyl (C=O) groups excluding carboxylic acids is 1. The summed E-state index contributed by atoms with van der Waals surface area (Å²) in [6.07, 6.45) is -0.0609. The van der Waals surface area contributed by atoms with Crippen LogP contribution < -0.4 is 10.2 Å². The molecule has 3 aliphatic rings. The Morgan fingerprint density at radius 3 is 2.66 bits per heavy atom. The van der Waals surface area contributed by atoms with Gasteiger partial charge in [-0.1, -0.05) is 23.7 Å². The summed E-state index contributed by atoms with van der Waals surface area (Å²) < 4.78 is 11.0. The third-order valence-corrected chi connectivity index (χ3v) is 8.83. The van der Waals surface area contributed by atoms with Crippen LogP contribution in [-0.2, 0) is 20.9 Å². The van der Waals surface area contributed by atoms with E-state index in [0.717, 1.165) is 37.7 Å². The summed E-state index contributed by atoms with van der Waals surface area (Å²) in [5.74, 6) is 0.614. The van der Waals surface area contributed by atoms with Crippen LogP contribution in [0.15, 0.2) is 52.4 Å². The van der Waals surface area contributed by atoms with E-state index < -0.39 is 6.04 Å². The van der Waals surface area contributed by atoms with Gasteiger partial charge < -0.3 is 14.8 Å². The van der Waals surface area contributed by atoms with Crippen molar-refractivity contribution < 1.29 is 14.3 Å². The van der Waals surface area contributed by atoms with Gasteiger partial charge in [-0.15, -0.1) is 11.3 Å². The summed E-state index contributed by atoms with van der Waals surface area (Å²) in [6.45, 7) is 7.31. The molecule has 0 radical (unpaired) electrons. The number of amides is 1. The quantitative estimate of drug-likeness (QED) is 0.260. The number of hydrogen-bond acceptors (Lipinski definition) is 8. The molecular weight excluding hydrogens is 560 g/mol. The first-order valence-corrected chi connectivity index (χ1v) is 14.5. The number of halogens is 1. The van der Waals surface area contributed by atoms with Crippen molar-refractivity contribution in [2.45, 2.75) is 45.9 Å². The maximum Gasteiger partial charge on any atom is 0.227 e. The fourth-order valence-corrected chi connectivity index (χ4v) is 6.42. The van der Waals surface area contributed by atoms with E-state index in [-0.39, 0.29) is 30.0 Å². The molecule has 41 heavy (non-hydrogen) atoms. The number of aliphatic imine (C=N–C) groups is 2. The van der Waals surface area contributed by atoms with Crippen LogP contribution in [-0.4, -0.2) is 54.5 Å². The Kier molecular flexibility index (Phi) is 7.23. The Bertz CT molecular complexity index is 1640. The summed E-state index contributed by atoms with van der Waals surface area (Å²) in [4.78, 5) is 25.7. The van der Waals surface area contributed by atoms with Gasteiger partial charge in [0.25, 0.3) is 0 Å². The average Bonchev–Trinajstić information content (AvgIpc) is 3.40. The topological polar surface area (TPSA) is 123 Å². The van der Waals surface area contributed by atoms with E-state index in [4.69, 9.17) is 36.9 Å². The maximum atomic E-state index is 13.4. The Labute approximate surface area is 246 Å². The number of fused-ring (bicyclic) bond motifs is 2. The number of anilines is 2. The number of nitrogens with zero attached hydrogens (tertiary/aromatic N) is 3. The van der Waals surface area contributed by atoms with Gasteiger partial charge in [-0.3, -0.25) is 25.5 Å². The van der Waals surface area contributed by atoms with Crippen LogP contribution in [0.25, 0.3) is 0 Å². The fourth-order valence-electron chi connectivity index (χ4n) is 5.07. The van der Waals surface area contributed by atoms with Crippen molar-refractivity contribution in [1.29, 1.82) is 10.8 Å². The van der Waals surface area contributed by atoms with Gasteiger partial charge in [-0.2, -0.15) is 0 Å². The molecule has 6 rings (SSSR count). The van der Waals surface area contributed by atoms with E-state index in [9.17, 15) is 4.79 Å². The third kappa shape index (κ3) is 5.18. The summed E-state index contributed by atoms with van der Waals surface area (Å²) >= 11 is 7.70. The van der Waals surface area contributed by atoms with Gasteiger partial charge in [0, 0.05) is 37.8 Å². The minimum atomic E-state index is -0.804. The van der Waals surface area contributed by atoms with Crippen molar-refractivity contribution in [1.82, 2.24) is 0 Å². The smallest absolute Gasteiger partial charge is 0.227 e. The fraction of sp³-hybridized carbons (Fsp3) is 0.300. The van der Waals surface area contributed by atoms with Crippen LogP contribution in [0, 0.1) is 24.7 Å². The molecule has 1 saturated heterocycles. The number of carbonyl (C=O) groups is 1. The summed E-state index contributed by atoms with van der Waals surface area (Å²) in [5.41, 5.74) is 5.94. The standard InChI is InChI=1S/C30H29ClN6O3S/c1-15-16(2)41-30-26(15)27(18-4-6-20(31)7-5-18)36-24(28(33)37(30)17(3)32)11-25(38)34-21-8-9-23-19(10-21)12-40-29(23)35-22-13-39-14-22/h4-10,22,24,32-33H,11-14H2,1-3H3,(H,34,38)/b32-17?,33-28?,35-29-/t24-/m0/s1. The van der Waals surface area contributed by atoms with Crippen molar-refractivity contribution in [3.8, 4) is 0 Å². The minimum absolute atomic E-state index is 0.0609. The number of nitrogens with one attached hydrogen (secondary N) is 3. The van der Waals surface area contributed by atoms with Crippen molar-refractivity contribution in [2.24, 2.45) is 9.98 Å². The Morgan fingerprint density at radius 2 is 1.98 bits per heavy atom. The van der Waals surface area contributed by atoms with Crippen LogP contribution >= 0.6 is 22.9 Å². The number of rotatable bonds is 5. The van der Waals surface area contributed by atoms with Crippen molar-refractivity contribution in [3.05, 3.63) is 80.2 Å². The van der Waals surface area contributed by atoms with Gasteiger partial charge in [0.15, 0.2) is 0 Å². The number of thiophene rings is 1. The number of ether oxygens (including phenoxy) is 2. The molecule has 9 nitrogen and oxygen atoms in total. The molecule has 3 N–H and O–H groups in total. The van der Waals surface area contributed by atoms with Gasteiger partial charge >= 0.3 is 0 Å². The van der Waals surface area contributed by atoms with Gasteiger partial charge in [0.2, 0.25) is 11.8 Å². The first-order valence-electron chi connectivity index (χ1n) is 13.3. The van der Waals surface area contributed by atoms with Crippen LogP contribution in [0.1, 0.15) is 46.0 Å². The molecule has 4 heterocycles. The van der Waals surface area contributed by atoms with Crippen LogP contribution in [0.4, 0.5) is 10.7 Å². The van der Waals surface area contributed by atoms with E-state index in [1.807, 2.05) is 44.2 Å². The second-order valence-corrected chi connectivity index (χ2v) is 11.9. The molecule has 3 aromatic rings. The SMILES string of the molecule is CC(=N)N1C(=N)[C@H](CC(=O)Nc2ccc3c(c2)CO/C3=N\C2COC2)N=C(c2ccc(Cl)cc2)c2c1sc(C)c2C. The Balaban J connectivity index is 1.30. The molecule has 1 atom stereocenters. The number of amidine groups is 2. The van der Waals surface area contributed by atoms with Crippen LogP contribution in [0.5, 0.6) is 0 Å². The Hall–Kier alpha value is -3.86. The molecule has 210 valence electrons. The van der Waals surface area contributed by atoms with E-state index in [0.29, 0.717) is 42.1 Å². The first kappa shape index (κ1) is 27.3. The monoisotopic (exact) mass is 588 g/mol. The van der Waals surface area contributed by atoms with Gasteiger partial charge in [0.1, 0.15) is 35.4 Å². The molecule has 1 fully saturated rings. The molecule has 2 aromatic carbocycles. The predicted molar refractivity (Wildman–Crippen MR) is 164 cm³/mol. The molecule has 0 spiro atoms. The zero-order chi connectivity index (χ0) is 28.8. The molecular formula is C30H29ClN6O3S. The van der Waals surface area contributed by atoms with E-state index >= 15 is 0 Å². The predicted octanol–water partition coefficient (Wildman–Crippen LogP) is 5.72. The largest absolute Gasteiger partial charge is 0.473 e. The van der Waals surface area contributed by atoms with Gasteiger partial charge in [-0.25, -0.2) is 4.99 Å². The zero-order valence-electron chi connectivity index (χ0n) is 22.9. The Morgan fingerprint density at radius 1 is 1.22 bits per heavy atom. The molecule has 3 aliphatic heterocycles. The highest BCUT2D eigenvalue weighted by Gasteiger charge is 2.35. The van der Waals surface area contributed by atoms with Crippen molar-refractivity contribution in [3.63, 3.8) is 0 Å². The third-order valence-electron chi connectivity index (χ3n) is 7.38. The highest BCUT2D eigenvalue weighted by atomic mass is 35.5. The molecule has 1 aromatic heterocycles. The lowest BCUT2D eigenvalue weighted by Crippen LogP contribution is -2.41. The highest BCUT2D eigenvalue weighted by molar-refractivity contribution is 7.17. The second kappa shape index (κ2) is 10.8. The van der Waals surface area contributed by atoms with Crippen molar-refractivity contribution in [2.75, 3.05) is 23.4 Å². The lowest BCUT2D eigenvalue weighted by Gasteiger charge is -2.24. The number of aryl methyl sites for hydroxylation is 1. The summed E-state index contributed by atoms with van der Waals surface area (Å²) in [5, 5.41) is 21.9. The van der Waals surface area contributed by atoms with E-state index in [2.05, 4.69) is 10.3 Å². The van der Waals surface area contributed by atoms with E-state index in [1.165, 1.54) is 11.3 Å². The first-order chi connectivity index (χ1) is 19.7. The minimum Gasteiger partial charge on any atom is -0.473 e. The zero-order valence-corrected chi connectivity index (χ0v) is 24.4. The summed E-state index contributed by atoms with van der Waals surface area (Å²) in [7, 11) is 0. The number of hydrogen-bond donors (Lipinski definition) is 3. The second-order valence-electron chi connectivity index (χ2n) is 10.3. The van der Waals surface area contributed by atoms with Crippen LogP contribution in [0.2, 0.25) is 5.02 Å². The molecule has 0 aliphatic carbocycles. The van der Waals surface area contributed by atoms with E-state index in [1.54, 1.807) is 24.0 Å². The summed E-state index contributed by atoms with van der Waals surface area (Å²) in [6, 6.07) is 12.4. The van der Waals surface area contributed by atoms with Crippen molar-refractivity contribution >= 4 is 62.8 Å². The van der Waals surface area contributed by atoms with Gasteiger partial charge in [-0.05, 0) is 56.7 Å².